The second-order valence-corrected chi connectivity index (χ2v) is 5.21. The number of fused-ring (bicyclic) bond motifs is 1. The standard InChI is InChI=1S/C16H13ClFNO3/c17-11-4-3-5-12(18)15(11)16(20)19-8-10-9-21-13-6-1-2-7-14(13)22-10/h1-7,10H,8-9H2,(H,19,20)/t10-/m0/s1. The van der Waals surface area contributed by atoms with Crippen LogP contribution in [0.15, 0.2) is 42.5 Å². The van der Waals surface area contributed by atoms with Crippen molar-refractivity contribution in [2.24, 2.45) is 0 Å². The molecule has 0 saturated heterocycles. The Hall–Kier alpha value is -2.27. The van der Waals surface area contributed by atoms with Gasteiger partial charge in [-0.2, -0.15) is 0 Å². The zero-order chi connectivity index (χ0) is 15.5. The highest BCUT2D eigenvalue weighted by Gasteiger charge is 2.22. The molecular formula is C16H13ClFNO3. The largest absolute Gasteiger partial charge is 0.486 e. The van der Waals surface area contributed by atoms with E-state index in [0.29, 0.717) is 18.1 Å². The molecule has 114 valence electrons. The van der Waals surface area contributed by atoms with Crippen molar-refractivity contribution < 1.29 is 18.7 Å². The van der Waals surface area contributed by atoms with Gasteiger partial charge in [-0.05, 0) is 24.3 Å². The Balaban J connectivity index is 1.63. The van der Waals surface area contributed by atoms with Crippen LogP contribution in [0.5, 0.6) is 11.5 Å². The number of benzene rings is 2. The molecule has 0 bridgehead atoms. The van der Waals surface area contributed by atoms with E-state index in [0.717, 1.165) is 0 Å². The van der Waals surface area contributed by atoms with Crippen LogP contribution in [-0.2, 0) is 0 Å². The second kappa shape index (κ2) is 6.23. The van der Waals surface area contributed by atoms with Crippen LogP contribution in [0.2, 0.25) is 5.02 Å². The lowest BCUT2D eigenvalue weighted by Crippen LogP contribution is -2.41. The maximum atomic E-state index is 13.7. The number of hydrogen-bond acceptors (Lipinski definition) is 3. The molecule has 2 aromatic carbocycles. The van der Waals surface area contributed by atoms with E-state index in [1.807, 2.05) is 18.2 Å². The van der Waals surface area contributed by atoms with E-state index in [9.17, 15) is 9.18 Å². The van der Waals surface area contributed by atoms with Crippen molar-refractivity contribution in [2.75, 3.05) is 13.2 Å². The summed E-state index contributed by atoms with van der Waals surface area (Å²) in [6.45, 7) is 0.500. The van der Waals surface area contributed by atoms with Gasteiger partial charge >= 0.3 is 0 Å². The Labute approximate surface area is 131 Å². The predicted molar refractivity (Wildman–Crippen MR) is 80.1 cm³/mol. The van der Waals surface area contributed by atoms with Crippen LogP contribution < -0.4 is 14.8 Å². The quantitative estimate of drug-likeness (QED) is 0.945. The second-order valence-electron chi connectivity index (χ2n) is 4.80. The summed E-state index contributed by atoms with van der Waals surface area (Å²) in [4.78, 5) is 12.0. The average molecular weight is 322 g/mol. The van der Waals surface area contributed by atoms with Crippen LogP contribution in [0.25, 0.3) is 0 Å². The molecule has 0 spiro atoms. The molecule has 0 saturated carbocycles. The molecule has 0 radical (unpaired) electrons. The van der Waals surface area contributed by atoms with Gasteiger partial charge < -0.3 is 14.8 Å². The summed E-state index contributed by atoms with van der Waals surface area (Å²) in [5, 5.41) is 2.69. The number of amides is 1. The number of para-hydroxylation sites is 2. The number of halogens is 2. The smallest absolute Gasteiger partial charge is 0.255 e. The SMILES string of the molecule is O=C(NC[C@H]1COc2ccccc2O1)c1c(F)cccc1Cl. The number of nitrogens with one attached hydrogen (secondary N) is 1. The summed E-state index contributed by atoms with van der Waals surface area (Å²) < 4.78 is 24.9. The molecule has 22 heavy (non-hydrogen) atoms. The number of rotatable bonds is 3. The summed E-state index contributed by atoms with van der Waals surface area (Å²) in [5.74, 6) is 0.0564. The summed E-state index contributed by atoms with van der Waals surface area (Å²) in [6.07, 6.45) is -0.343. The van der Waals surface area contributed by atoms with Gasteiger partial charge in [0, 0.05) is 0 Å². The van der Waals surface area contributed by atoms with E-state index in [4.69, 9.17) is 21.1 Å². The lowest BCUT2D eigenvalue weighted by atomic mass is 10.2. The minimum Gasteiger partial charge on any atom is -0.486 e. The molecule has 4 nitrogen and oxygen atoms in total. The lowest BCUT2D eigenvalue weighted by Gasteiger charge is -2.26. The number of ether oxygens (including phenoxy) is 2. The maximum Gasteiger partial charge on any atom is 0.255 e. The summed E-state index contributed by atoms with van der Waals surface area (Å²) in [7, 11) is 0. The molecular weight excluding hydrogens is 309 g/mol. The maximum absolute atomic E-state index is 13.7. The fourth-order valence-electron chi connectivity index (χ4n) is 2.17. The fourth-order valence-corrected chi connectivity index (χ4v) is 2.42. The van der Waals surface area contributed by atoms with Gasteiger partial charge in [-0.3, -0.25) is 4.79 Å². The lowest BCUT2D eigenvalue weighted by molar-refractivity contribution is 0.0787. The molecule has 0 aromatic heterocycles. The molecule has 3 rings (SSSR count). The molecule has 1 aliphatic rings. The first-order chi connectivity index (χ1) is 10.6. The van der Waals surface area contributed by atoms with E-state index in [-0.39, 0.29) is 23.2 Å². The fraction of sp³-hybridized carbons (Fsp3) is 0.188. The van der Waals surface area contributed by atoms with Crippen molar-refractivity contribution >= 4 is 17.5 Å². The van der Waals surface area contributed by atoms with E-state index < -0.39 is 11.7 Å². The molecule has 6 heteroatoms. The third-order valence-corrected chi connectivity index (χ3v) is 3.56. The minimum atomic E-state index is -0.656. The summed E-state index contributed by atoms with van der Waals surface area (Å²) in [5.41, 5.74) is -0.165. The molecule has 2 aromatic rings. The molecule has 1 heterocycles. The third kappa shape index (κ3) is 2.99. The predicted octanol–water partition coefficient (Wildman–Crippen LogP) is 3.05. The monoisotopic (exact) mass is 321 g/mol. The van der Waals surface area contributed by atoms with Crippen LogP contribution in [0, 0.1) is 5.82 Å². The Kier molecular flexibility index (Phi) is 4.15. The van der Waals surface area contributed by atoms with Gasteiger partial charge in [0.25, 0.3) is 5.91 Å². The molecule has 0 aliphatic carbocycles. The number of carbonyl (C=O) groups is 1. The first kappa shape index (κ1) is 14.7. The minimum absolute atomic E-state index is 0.0728. The van der Waals surface area contributed by atoms with Gasteiger partial charge in [-0.15, -0.1) is 0 Å². The van der Waals surface area contributed by atoms with Crippen molar-refractivity contribution in [3.05, 3.63) is 58.9 Å². The van der Waals surface area contributed by atoms with Crippen molar-refractivity contribution in [2.45, 2.75) is 6.10 Å². The highest BCUT2D eigenvalue weighted by atomic mass is 35.5. The number of carbonyl (C=O) groups excluding carboxylic acids is 1. The Morgan fingerprint density at radius 2 is 2.00 bits per heavy atom. The van der Waals surface area contributed by atoms with Gasteiger partial charge in [-0.25, -0.2) is 4.39 Å². The van der Waals surface area contributed by atoms with Crippen molar-refractivity contribution in [3.63, 3.8) is 0 Å². The van der Waals surface area contributed by atoms with Crippen LogP contribution >= 0.6 is 11.6 Å². The van der Waals surface area contributed by atoms with Gasteiger partial charge in [0.15, 0.2) is 11.5 Å². The van der Waals surface area contributed by atoms with E-state index in [2.05, 4.69) is 5.32 Å². The van der Waals surface area contributed by atoms with Crippen LogP contribution in [-0.4, -0.2) is 25.2 Å². The zero-order valence-corrected chi connectivity index (χ0v) is 12.3. The molecule has 0 fully saturated rings. The van der Waals surface area contributed by atoms with Crippen LogP contribution in [0.4, 0.5) is 4.39 Å². The average Bonchev–Trinajstić information content (AvgIpc) is 2.52. The first-order valence-electron chi connectivity index (χ1n) is 6.76. The first-order valence-corrected chi connectivity index (χ1v) is 7.13. The molecule has 1 atom stereocenters. The Bertz CT molecular complexity index is 687. The van der Waals surface area contributed by atoms with E-state index in [1.165, 1.54) is 18.2 Å². The van der Waals surface area contributed by atoms with Crippen molar-refractivity contribution in [1.29, 1.82) is 0 Å². The third-order valence-electron chi connectivity index (χ3n) is 3.25. The summed E-state index contributed by atoms with van der Waals surface area (Å²) >= 11 is 5.86. The van der Waals surface area contributed by atoms with Crippen LogP contribution in [0.1, 0.15) is 10.4 Å². The Morgan fingerprint density at radius 1 is 1.23 bits per heavy atom. The van der Waals surface area contributed by atoms with E-state index >= 15 is 0 Å². The summed E-state index contributed by atoms with van der Waals surface area (Å²) in [6, 6.07) is 11.4. The van der Waals surface area contributed by atoms with Crippen LogP contribution in [0.3, 0.4) is 0 Å². The molecule has 1 amide bonds. The van der Waals surface area contributed by atoms with Gasteiger partial charge in [0.2, 0.25) is 0 Å². The van der Waals surface area contributed by atoms with Crippen molar-refractivity contribution in [1.82, 2.24) is 5.32 Å². The van der Waals surface area contributed by atoms with Crippen molar-refractivity contribution in [3.8, 4) is 11.5 Å². The van der Waals surface area contributed by atoms with Gasteiger partial charge in [-0.1, -0.05) is 29.8 Å². The molecule has 0 unspecified atom stereocenters. The normalized spacial score (nSPS) is 16.2. The van der Waals surface area contributed by atoms with E-state index in [1.54, 1.807) is 6.07 Å². The topological polar surface area (TPSA) is 47.6 Å². The number of hydrogen-bond donors (Lipinski definition) is 1. The van der Waals surface area contributed by atoms with Gasteiger partial charge in [0.05, 0.1) is 17.1 Å². The zero-order valence-electron chi connectivity index (χ0n) is 11.5. The molecule has 1 aliphatic heterocycles. The van der Waals surface area contributed by atoms with Gasteiger partial charge in [0.1, 0.15) is 18.5 Å². The highest BCUT2D eigenvalue weighted by Crippen LogP contribution is 2.30. The Morgan fingerprint density at radius 3 is 2.77 bits per heavy atom. The highest BCUT2D eigenvalue weighted by molar-refractivity contribution is 6.33. The molecule has 1 N–H and O–H groups in total.